The Morgan fingerprint density at radius 1 is 1.12 bits per heavy atom. The number of phenols is 1. The van der Waals surface area contributed by atoms with Gasteiger partial charge in [-0.15, -0.1) is 0 Å². The van der Waals surface area contributed by atoms with E-state index in [1.807, 2.05) is 6.92 Å². The number of halogens is 2. The lowest BCUT2D eigenvalue weighted by molar-refractivity contribution is -0.115. The van der Waals surface area contributed by atoms with E-state index < -0.39 is 5.91 Å². The summed E-state index contributed by atoms with van der Waals surface area (Å²) >= 11 is 11.7. The van der Waals surface area contributed by atoms with Crippen molar-refractivity contribution in [3.8, 4) is 5.75 Å². The van der Waals surface area contributed by atoms with Crippen LogP contribution in [0.3, 0.4) is 0 Å². The highest BCUT2D eigenvalue weighted by atomic mass is 35.5. The van der Waals surface area contributed by atoms with E-state index in [1.165, 1.54) is 18.2 Å². The molecule has 2 amide bonds. The van der Waals surface area contributed by atoms with Gasteiger partial charge in [-0.25, -0.2) is 5.43 Å². The number of carbonyl (C=O) groups excluding carboxylic acids is 2. The summed E-state index contributed by atoms with van der Waals surface area (Å²) in [4.78, 5) is 24.1. The molecule has 0 aromatic heterocycles. The quantitative estimate of drug-likeness (QED) is 0.526. The fourth-order valence-corrected chi connectivity index (χ4v) is 2.53. The van der Waals surface area contributed by atoms with E-state index in [0.717, 1.165) is 5.56 Å². The fraction of sp³-hybridized carbons (Fsp3) is 0.167. The summed E-state index contributed by atoms with van der Waals surface area (Å²) in [6.07, 6.45) is -0.0100. The third-order valence-electron chi connectivity index (χ3n) is 3.43. The number of carbonyl (C=O) groups is 2. The molecule has 0 atom stereocenters. The molecule has 136 valence electrons. The Kier molecular flexibility index (Phi) is 6.60. The molecular formula is C18H17Cl2N3O3. The maximum atomic E-state index is 12.1. The second kappa shape index (κ2) is 8.69. The van der Waals surface area contributed by atoms with E-state index in [9.17, 15) is 14.7 Å². The Bertz CT molecular complexity index is 882. The summed E-state index contributed by atoms with van der Waals surface area (Å²) in [5.41, 5.74) is 4.17. The molecule has 0 aliphatic rings. The van der Waals surface area contributed by atoms with Crippen LogP contribution in [0.2, 0.25) is 10.0 Å². The zero-order chi connectivity index (χ0) is 19.3. The first-order valence-electron chi connectivity index (χ1n) is 7.64. The molecular weight excluding hydrogens is 377 g/mol. The molecule has 26 heavy (non-hydrogen) atoms. The maximum absolute atomic E-state index is 12.1. The molecule has 0 fully saturated rings. The van der Waals surface area contributed by atoms with Crippen LogP contribution in [-0.2, 0) is 4.79 Å². The Morgan fingerprint density at radius 2 is 1.77 bits per heavy atom. The number of nitrogens with zero attached hydrogens (tertiary/aromatic N) is 1. The van der Waals surface area contributed by atoms with E-state index >= 15 is 0 Å². The minimum absolute atomic E-state index is 0.00436. The smallest absolute Gasteiger partial charge is 0.275 e. The van der Waals surface area contributed by atoms with Gasteiger partial charge in [0.25, 0.3) is 5.91 Å². The van der Waals surface area contributed by atoms with Gasteiger partial charge in [-0.1, -0.05) is 23.2 Å². The molecule has 0 saturated carbocycles. The zero-order valence-corrected chi connectivity index (χ0v) is 15.6. The van der Waals surface area contributed by atoms with Crippen LogP contribution >= 0.6 is 23.2 Å². The van der Waals surface area contributed by atoms with E-state index in [2.05, 4.69) is 15.8 Å². The summed E-state index contributed by atoms with van der Waals surface area (Å²) in [7, 11) is 0. The topological polar surface area (TPSA) is 90.8 Å². The van der Waals surface area contributed by atoms with Crippen molar-refractivity contribution in [3.05, 3.63) is 57.6 Å². The highest BCUT2D eigenvalue weighted by molar-refractivity contribution is 6.31. The van der Waals surface area contributed by atoms with Crippen LogP contribution in [-0.4, -0.2) is 22.6 Å². The van der Waals surface area contributed by atoms with Gasteiger partial charge in [-0.05, 0) is 55.8 Å². The summed E-state index contributed by atoms with van der Waals surface area (Å²) in [6, 6.07) is 9.25. The highest BCUT2D eigenvalue weighted by Gasteiger charge is 2.12. The average Bonchev–Trinajstić information content (AvgIpc) is 2.57. The van der Waals surface area contributed by atoms with E-state index in [1.54, 1.807) is 25.1 Å². The lowest BCUT2D eigenvalue weighted by atomic mass is 10.2. The zero-order valence-electron chi connectivity index (χ0n) is 14.1. The van der Waals surface area contributed by atoms with E-state index in [-0.39, 0.29) is 23.6 Å². The lowest BCUT2D eigenvalue weighted by Gasteiger charge is -2.09. The summed E-state index contributed by atoms with van der Waals surface area (Å²) in [5.74, 6) is -1.12. The number of hydrazone groups is 1. The third-order valence-corrected chi connectivity index (χ3v) is 3.90. The highest BCUT2D eigenvalue weighted by Crippen LogP contribution is 2.21. The summed E-state index contributed by atoms with van der Waals surface area (Å²) in [6.45, 7) is 3.44. The molecule has 2 rings (SSSR count). The molecule has 3 N–H and O–H groups in total. The number of anilines is 1. The number of aryl methyl sites for hydroxylation is 1. The van der Waals surface area contributed by atoms with Crippen molar-refractivity contribution in [2.75, 3.05) is 5.32 Å². The number of hydrogen-bond acceptors (Lipinski definition) is 4. The molecule has 0 bridgehead atoms. The van der Waals surface area contributed by atoms with Crippen LogP contribution < -0.4 is 10.7 Å². The standard InChI is InChI=1S/C18H17Cl2N3O3/c1-10-7-12(19)3-5-15(10)21-17(25)8-11(2)22-23-18(26)14-9-13(20)4-6-16(14)24/h3-7,9,24H,8H2,1-2H3,(H,21,25)(H,23,26)/b22-11+. The van der Waals surface area contributed by atoms with Crippen molar-refractivity contribution in [1.82, 2.24) is 5.43 Å². The molecule has 0 heterocycles. The van der Waals surface area contributed by atoms with Crippen LogP contribution in [0.15, 0.2) is 41.5 Å². The molecule has 0 unspecified atom stereocenters. The average molecular weight is 394 g/mol. The van der Waals surface area contributed by atoms with Crippen LogP contribution in [0.25, 0.3) is 0 Å². The minimum atomic E-state index is -0.627. The van der Waals surface area contributed by atoms with Gasteiger partial charge in [-0.2, -0.15) is 5.10 Å². The number of hydrogen-bond donors (Lipinski definition) is 3. The van der Waals surface area contributed by atoms with Gasteiger partial charge in [0.2, 0.25) is 5.91 Å². The molecule has 0 aliphatic carbocycles. The van der Waals surface area contributed by atoms with E-state index in [4.69, 9.17) is 23.2 Å². The number of amides is 2. The van der Waals surface area contributed by atoms with Crippen molar-refractivity contribution >= 4 is 46.4 Å². The van der Waals surface area contributed by atoms with Crippen molar-refractivity contribution < 1.29 is 14.7 Å². The monoisotopic (exact) mass is 393 g/mol. The number of benzene rings is 2. The first-order valence-corrected chi connectivity index (χ1v) is 8.40. The second-order valence-corrected chi connectivity index (χ2v) is 6.51. The fourth-order valence-electron chi connectivity index (χ4n) is 2.13. The van der Waals surface area contributed by atoms with Gasteiger partial charge in [0, 0.05) is 21.4 Å². The third kappa shape index (κ3) is 5.47. The Morgan fingerprint density at radius 3 is 2.46 bits per heavy atom. The molecule has 8 heteroatoms. The maximum Gasteiger partial charge on any atom is 0.275 e. The van der Waals surface area contributed by atoms with Crippen molar-refractivity contribution in [2.24, 2.45) is 5.10 Å². The summed E-state index contributed by atoms with van der Waals surface area (Å²) < 4.78 is 0. The van der Waals surface area contributed by atoms with Crippen molar-refractivity contribution in [3.63, 3.8) is 0 Å². The molecule has 2 aromatic carbocycles. The largest absolute Gasteiger partial charge is 0.507 e. The van der Waals surface area contributed by atoms with Crippen LogP contribution in [0.5, 0.6) is 5.75 Å². The van der Waals surface area contributed by atoms with Crippen molar-refractivity contribution in [2.45, 2.75) is 20.3 Å². The second-order valence-electron chi connectivity index (χ2n) is 5.63. The summed E-state index contributed by atoms with van der Waals surface area (Å²) in [5, 5.41) is 17.2. The Hall–Kier alpha value is -2.57. The number of rotatable bonds is 5. The SMILES string of the molecule is C/C(CC(=O)Nc1ccc(Cl)cc1C)=N\NC(=O)c1cc(Cl)ccc1O. The predicted octanol–water partition coefficient (Wildman–Crippen LogP) is 4.14. The van der Waals surface area contributed by atoms with Crippen LogP contribution in [0.4, 0.5) is 5.69 Å². The molecule has 6 nitrogen and oxygen atoms in total. The molecule has 0 saturated heterocycles. The van der Waals surface area contributed by atoms with E-state index in [0.29, 0.717) is 21.4 Å². The Labute approximate surface area is 160 Å². The lowest BCUT2D eigenvalue weighted by Crippen LogP contribution is -2.21. The molecule has 2 aromatic rings. The molecule has 0 radical (unpaired) electrons. The van der Waals surface area contributed by atoms with Gasteiger partial charge in [-0.3, -0.25) is 9.59 Å². The molecule has 0 aliphatic heterocycles. The predicted molar refractivity (Wildman–Crippen MR) is 103 cm³/mol. The van der Waals surface area contributed by atoms with Gasteiger partial charge >= 0.3 is 0 Å². The number of aromatic hydroxyl groups is 1. The van der Waals surface area contributed by atoms with Crippen LogP contribution in [0.1, 0.15) is 29.3 Å². The number of nitrogens with one attached hydrogen (secondary N) is 2. The Balaban J connectivity index is 1.96. The first kappa shape index (κ1) is 19.8. The van der Waals surface area contributed by atoms with Gasteiger partial charge < -0.3 is 10.4 Å². The van der Waals surface area contributed by atoms with Gasteiger partial charge in [0.1, 0.15) is 5.75 Å². The normalized spacial score (nSPS) is 11.2. The first-order chi connectivity index (χ1) is 12.3. The van der Waals surface area contributed by atoms with Gasteiger partial charge in [0.05, 0.1) is 12.0 Å². The molecule has 0 spiro atoms. The van der Waals surface area contributed by atoms with Crippen LogP contribution in [0, 0.1) is 6.92 Å². The van der Waals surface area contributed by atoms with Crippen molar-refractivity contribution in [1.29, 1.82) is 0 Å². The van der Waals surface area contributed by atoms with Gasteiger partial charge in [0.15, 0.2) is 0 Å². The number of phenolic OH excluding ortho intramolecular Hbond substituents is 1. The minimum Gasteiger partial charge on any atom is -0.507 e.